The van der Waals surface area contributed by atoms with Crippen LogP contribution in [0.5, 0.6) is 0 Å². The number of amides is 2. The van der Waals surface area contributed by atoms with Crippen molar-refractivity contribution in [2.45, 2.75) is 13.0 Å². The van der Waals surface area contributed by atoms with Gasteiger partial charge in [0.1, 0.15) is 0 Å². The van der Waals surface area contributed by atoms with Crippen LogP contribution in [0.3, 0.4) is 0 Å². The minimum absolute atomic E-state index is 0.210. The quantitative estimate of drug-likeness (QED) is 0.339. The Balaban J connectivity index is 1.89. The van der Waals surface area contributed by atoms with Gasteiger partial charge in [0.15, 0.2) is 0 Å². The summed E-state index contributed by atoms with van der Waals surface area (Å²) in [6.45, 7) is 2.02. The van der Waals surface area contributed by atoms with Crippen LogP contribution in [0.2, 0.25) is 0 Å². The third-order valence-electron chi connectivity index (χ3n) is 4.71. The highest BCUT2D eigenvalue weighted by molar-refractivity contribution is 6.05. The average Bonchev–Trinajstić information content (AvgIpc) is 3.10. The van der Waals surface area contributed by atoms with Gasteiger partial charge >= 0.3 is 0 Å². The predicted molar refractivity (Wildman–Crippen MR) is 119 cm³/mol. The van der Waals surface area contributed by atoms with E-state index in [1.165, 1.54) is 0 Å². The summed E-state index contributed by atoms with van der Waals surface area (Å²) >= 11 is 0. The van der Waals surface area contributed by atoms with Crippen molar-refractivity contribution in [1.29, 1.82) is 0 Å². The molecule has 2 aromatic carbocycles. The van der Waals surface area contributed by atoms with Crippen molar-refractivity contribution < 1.29 is 19.1 Å². The molecule has 9 heteroatoms. The summed E-state index contributed by atoms with van der Waals surface area (Å²) in [5.41, 5.74) is 8.64. The highest BCUT2D eigenvalue weighted by atomic mass is 16.5. The number of nitrogens with zero attached hydrogens (tertiary/aromatic N) is 2. The Morgan fingerprint density at radius 2 is 1.81 bits per heavy atom. The van der Waals surface area contributed by atoms with Crippen LogP contribution in [0, 0.1) is 0 Å². The van der Waals surface area contributed by atoms with Crippen LogP contribution in [0.15, 0.2) is 42.5 Å². The number of aromatic nitrogens is 2. The van der Waals surface area contributed by atoms with Gasteiger partial charge in [-0.3, -0.25) is 14.9 Å². The molecule has 0 fully saturated rings. The lowest BCUT2D eigenvalue weighted by Gasteiger charge is -2.10. The van der Waals surface area contributed by atoms with Gasteiger partial charge in [-0.1, -0.05) is 6.07 Å². The van der Waals surface area contributed by atoms with Gasteiger partial charge in [0.25, 0.3) is 11.8 Å². The van der Waals surface area contributed by atoms with Crippen molar-refractivity contribution in [2.24, 2.45) is 0 Å². The first-order valence-corrected chi connectivity index (χ1v) is 9.96. The molecule has 1 aromatic heterocycles. The first-order valence-electron chi connectivity index (χ1n) is 9.96. The van der Waals surface area contributed by atoms with Gasteiger partial charge in [0, 0.05) is 50.7 Å². The number of imidazole rings is 1. The van der Waals surface area contributed by atoms with E-state index < -0.39 is 0 Å². The number of benzene rings is 2. The zero-order chi connectivity index (χ0) is 22.2. The Hall–Kier alpha value is -3.43. The standard InChI is InChI=1S/C22H27N5O4/c1-30-11-4-10-27-19-8-7-16(20(28)24-9-12-31-2)14-18(19)25-22(27)26-21(29)15-5-3-6-17(23)13-15/h3,5-8,13-14H,4,9-12,23H2,1-2H3,(H,24,28)(H,25,26,29). The highest BCUT2D eigenvalue weighted by Crippen LogP contribution is 2.22. The number of nitrogens with one attached hydrogen (secondary N) is 2. The summed E-state index contributed by atoms with van der Waals surface area (Å²) in [6, 6.07) is 12.0. The Bertz CT molecular complexity index is 1060. The number of nitrogen functional groups attached to an aromatic ring is 1. The van der Waals surface area contributed by atoms with Crippen LogP contribution >= 0.6 is 0 Å². The molecule has 0 aliphatic rings. The molecule has 4 N–H and O–H groups in total. The molecule has 1 heterocycles. The molecule has 3 aromatic rings. The number of carbonyl (C=O) groups is 2. The first-order chi connectivity index (χ1) is 15.0. The van der Waals surface area contributed by atoms with Gasteiger partial charge in [-0.2, -0.15) is 0 Å². The maximum atomic E-state index is 12.7. The second-order valence-corrected chi connectivity index (χ2v) is 6.97. The van der Waals surface area contributed by atoms with Gasteiger partial charge in [-0.05, 0) is 42.8 Å². The number of methoxy groups -OCH3 is 2. The fourth-order valence-electron chi connectivity index (χ4n) is 3.18. The van der Waals surface area contributed by atoms with E-state index in [0.717, 1.165) is 11.9 Å². The molecule has 2 amide bonds. The molecular formula is C22H27N5O4. The Morgan fingerprint density at radius 1 is 1.03 bits per heavy atom. The van der Waals surface area contributed by atoms with Crippen LogP contribution in [0.25, 0.3) is 11.0 Å². The van der Waals surface area contributed by atoms with E-state index in [0.29, 0.717) is 54.6 Å². The lowest BCUT2D eigenvalue weighted by Crippen LogP contribution is -2.26. The number of hydrogen-bond acceptors (Lipinski definition) is 6. The molecule has 9 nitrogen and oxygen atoms in total. The van der Waals surface area contributed by atoms with E-state index in [2.05, 4.69) is 15.6 Å². The molecule has 164 valence electrons. The molecule has 0 atom stereocenters. The maximum Gasteiger partial charge on any atom is 0.258 e. The Morgan fingerprint density at radius 3 is 2.55 bits per heavy atom. The topological polar surface area (TPSA) is 121 Å². The number of nitrogens with two attached hydrogens (primary N) is 1. The van der Waals surface area contributed by atoms with Gasteiger partial charge in [-0.15, -0.1) is 0 Å². The largest absolute Gasteiger partial charge is 0.399 e. The van der Waals surface area contributed by atoms with Crippen LogP contribution < -0.4 is 16.4 Å². The molecule has 3 rings (SSSR count). The zero-order valence-corrected chi connectivity index (χ0v) is 17.7. The summed E-state index contributed by atoms with van der Waals surface area (Å²) in [7, 11) is 3.22. The van der Waals surface area contributed by atoms with Crippen molar-refractivity contribution in [2.75, 3.05) is 45.0 Å². The molecule has 0 bridgehead atoms. The van der Waals surface area contributed by atoms with E-state index in [9.17, 15) is 9.59 Å². The number of hydrogen-bond donors (Lipinski definition) is 3. The number of anilines is 2. The number of rotatable bonds is 10. The zero-order valence-electron chi connectivity index (χ0n) is 17.7. The third kappa shape index (κ3) is 5.59. The van der Waals surface area contributed by atoms with Crippen molar-refractivity contribution in [1.82, 2.24) is 14.9 Å². The van der Waals surface area contributed by atoms with Gasteiger partial charge in [0.2, 0.25) is 5.95 Å². The van der Waals surface area contributed by atoms with Crippen molar-refractivity contribution >= 4 is 34.5 Å². The molecule has 0 unspecified atom stereocenters. The maximum absolute atomic E-state index is 12.7. The highest BCUT2D eigenvalue weighted by Gasteiger charge is 2.16. The molecular weight excluding hydrogens is 398 g/mol. The van der Waals surface area contributed by atoms with E-state index in [1.54, 1.807) is 50.6 Å². The smallest absolute Gasteiger partial charge is 0.258 e. The van der Waals surface area contributed by atoms with Crippen molar-refractivity contribution in [3.8, 4) is 0 Å². The Kier molecular flexibility index (Phi) is 7.58. The van der Waals surface area contributed by atoms with Crippen molar-refractivity contribution in [3.05, 3.63) is 53.6 Å². The predicted octanol–water partition coefficient (Wildman–Crippen LogP) is 2.28. The SMILES string of the molecule is COCCCn1c(NC(=O)c2cccc(N)c2)nc2cc(C(=O)NCCOC)ccc21. The van der Waals surface area contributed by atoms with E-state index in [4.69, 9.17) is 15.2 Å². The van der Waals surface area contributed by atoms with E-state index >= 15 is 0 Å². The molecule has 0 saturated heterocycles. The number of aryl methyl sites for hydroxylation is 1. The van der Waals surface area contributed by atoms with E-state index in [1.807, 2.05) is 10.6 Å². The van der Waals surface area contributed by atoms with Crippen LogP contribution in [-0.2, 0) is 16.0 Å². The van der Waals surface area contributed by atoms with Gasteiger partial charge < -0.3 is 25.1 Å². The second-order valence-electron chi connectivity index (χ2n) is 6.97. The van der Waals surface area contributed by atoms with Gasteiger partial charge in [-0.25, -0.2) is 4.98 Å². The summed E-state index contributed by atoms with van der Waals surface area (Å²) in [6.07, 6.45) is 0.738. The first kappa shape index (κ1) is 22.3. The summed E-state index contributed by atoms with van der Waals surface area (Å²) in [5.74, 6) is -0.123. The normalized spacial score (nSPS) is 10.9. The van der Waals surface area contributed by atoms with Crippen LogP contribution in [0.1, 0.15) is 27.1 Å². The minimum atomic E-state index is -0.312. The molecule has 0 saturated carbocycles. The van der Waals surface area contributed by atoms with Crippen LogP contribution in [0.4, 0.5) is 11.6 Å². The third-order valence-corrected chi connectivity index (χ3v) is 4.71. The van der Waals surface area contributed by atoms with E-state index in [-0.39, 0.29) is 11.8 Å². The lowest BCUT2D eigenvalue weighted by molar-refractivity contribution is 0.0936. The van der Waals surface area contributed by atoms with Crippen molar-refractivity contribution in [3.63, 3.8) is 0 Å². The summed E-state index contributed by atoms with van der Waals surface area (Å²) in [5, 5.41) is 5.65. The molecule has 0 radical (unpaired) electrons. The Labute approximate surface area is 180 Å². The lowest BCUT2D eigenvalue weighted by atomic mass is 10.2. The molecule has 0 aliphatic heterocycles. The summed E-state index contributed by atoms with van der Waals surface area (Å²) < 4.78 is 12.0. The number of carbonyl (C=O) groups excluding carboxylic acids is 2. The number of fused-ring (bicyclic) bond motifs is 1. The fraction of sp³-hybridized carbons (Fsp3) is 0.318. The number of ether oxygens (including phenoxy) is 2. The molecule has 31 heavy (non-hydrogen) atoms. The monoisotopic (exact) mass is 425 g/mol. The summed E-state index contributed by atoms with van der Waals surface area (Å²) in [4.78, 5) is 29.7. The van der Waals surface area contributed by atoms with Gasteiger partial charge in [0.05, 0.1) is 17.6 Å². The molecule has 0 spiro atoms. The molecule has 0 aliphatic carbocycles. The minimum Gasteiger partial charge on any atom is -0.399 e. The van der Waals surface area contributed by atoms with Crippen LogP contribution in [-0.4, -0.2) is 55.3 Å². The average molecular weight is 425 g/mol. The second kappa shape index (κ2) is 10.6. The fourth-order valence-corrected chi connectivity index (χ4v) is 3.18.